The van der Waals surface area contributed by atoms with Gasteiger partial charge in [0, 0.05) is 17.4 Å². The minimum atomic E-state index is -3.44. The van der Waals surface area contributed by atoms with E-state index in [0.29, 0.717) is 0 Å². The van der Waals surface area contributed by atoms with Gasteiger partial charge in [0.2, 0.25) is 0 Å². The average molecular weight is 240 g/mol. The summed E-state index contributed by atoms with van der Waals surface area (Å²) in [7, 11) is 0. The predicted octanol–water partition coefficient (Wildman–Crippen LogP) is 2.89. The van der Waals surface area contributed by atoms with Crippen LogP contribution in [0, 0.1) is 10.1 Å². The molecule has 0 aliphatic rings. The van der Waals surface area contributed by atoms with Gasteiger partial charge in [-0.2, -0.15) is 0 Å². The van der Waals surface area contributed by atoms with Gasteiger partial charge in [-0.1, -0.05) is 6.07 Å². The van der Waals surface area contributed by atoms with Crippen LogP contribution in [0.15, 0.2) is 24.3 Å². The molecule has 0 aromatic heterocycles. The molecule has 0 heterocycles. The van der Waals surface area contributed by atoms with E-state index in [-0.39, 0.29) is 11.0 Å². The van der Waals surface area contributed by atoms with Crippen LogP contribution in [0.5, 0.6) is 0 Å². The van der Waals surface area contributed by atoms with E-state index in [1.54, 1.807) is 0 Å². The molecule has 1 rings (SSSR count). The Morgan fingerprint density at radius 3 is 2.46 bits per heavy atom. The smallest absolute Gasteiger partial charge is 0.282 e. The third-order valence-electron chi connectivity index (χ3n) is 1.34. The monoisotopic (exact) mass is 239 g/mol. The van der Waals surface area contributed by atoms with Crippen LogP contribution >= 0.6 is 28.3 Å². The van der Waals surface area contributed by atoms with Crippen molar-refractivity contribution in [2.75, 3.05) is 0 Å². The molecular weight excluding hydrogens is 236 g/mol. The summed E-state index contributed by atoms with van der Waals surface area (Å²) < 4.78 is 11.1. The van der Waals surface area contributed by atoms with Crippen LogP contribution in [-0.4, -0.2) is 4.92 Å². The maximum Gasteiger partial charge on any atom is 0.282 e. The predicted molar refractivity (Wildman–Crippen MR) is 52.0 cm³/mol. The third kappa shape index (κ3) is 2.69. The quantitative estimate of drug-likeness (QED) is 0.453. The number of nitro groups is 1. The van der Waals surface area contributed by atoms with Crippen LogP contribution in [0.1, 0.15) is 0 Å². The molecule has 13 heavy (non-hydrogen) atoms. The normalized spacial score (nSPS) is 11.2. The molecule has 4 nitrogen and oxygen atoms in total. The molecule has 1 aromatic carbocycles. The van der Waals surface area contributed by atoms with Gasteiger partial charge in [0.05, 0.1) is 4.92 Å². The lowest BCUT2D eigenvalue weighted by atomic mass is 10.3. The standard InChI is InChI=1S/C6H4Cl2NO3P/c7-13(8,12)6-3-1-2-5(4-6)9(10)11/h1-4H. The van der Waals surface area contributed by atoms with Crippen molar-refractivity contribution in [3.8, 4) is 0 Å². The van der Waals surface area contributed by atoms with Crippen molar-refractivity contribution < 1.29 is 9.49 Å². The number of nitro benzene ring substituents is 1. The van der Waals surface area contributed by atoms with E-state index < -0.39 is 10.8 Å². The maximum absolute atomic E-state index is 11.1. The number of nitrogens with zero attached hydrogens (tertiary/aromatic N) is 1. The zero-order valence-electron chi connectivity index (χ0n) is 6.18. The molecule has 0 saturated carbocycles. The Morgan fingerprint density at radius 2 is 2.00 bits per heavy atom. The molecule has 0 unspecified atom stereocenters. The fraction of sp³-hybridized carbons (Fsp3) is 0. The highest BCUT2D eigenvalue weighted by molar-refractivity contribution is 8.13. The molecule has 0 N–H and O–H groups in total. The third-order valence-corrected chi connectivity index (χ3v) is 3.39. The average Bonchev–Trinajstić information content (AvgIpc) is 2.03. The van der Waals surface area contributed by atoms with Gasteiger partial charge in [-0.05, 0) is 28.5 Å². The van der Waals surface area contributed by atoms with E-state index in [2.05, 4.69) is 0 Å². The first-order valence-corrected chi connectivity index (χ1v) is 6.67. The largest absolute Gasteiger partial charge is 0.284 e. The Labute approximate surface area is 83.6 Å². The van der Waals surface area contributed by atoms with Crippen molar-refractivity contribution in [3.63, 3.8) is 0 Å². The van der Waals surface area contributed by atoms with Crippen LogP contribution in [0.25, 0.3) is 0 Å². The first-order chi connectivity index (χ1) is 5.91. The van der Waals surface area contributed by atoms with E-state index >= 15 is 0 Å². The molecule has 0 atom stereocenters. The Morgan fingerprint density at radius 1 is 1.38 bits per heavy atom. The fourth-order valence-corrected chi connectivity index (χ4v) is 1.94. The molecular formula is C6H4Cl2NO3P. The van der Waals surface area contributed by atoms with Gasteiger partial charge >= 0.3 is 0 Å². The highest BCUT2D eigenvalue weighted by Gasteiger charge is 2.19. The number of hydrogen-bond acceptors (Lipinski definition) is 3. The zero-order valence-corrected chi connectivity index (χ0v) is 8.59. The van der Waals surface area contributed by atoms with Gasteiger partial charge in [0.15, 0.2) is 0 Å². The number of hydrogen-bond donors (Lipinski definition) is 0. The molecule has 0 bridgehead atoms. The summed E-state index contributed by atoms with van der Waals surface area (Å²) in [4.78, 5) is 9.71. The minimum Gasteiger partial charge on any atom is -0.284 e. The minimum absolute atomic E-state index is 0.0741. The van der Waals surface area contributed by atoms with Crippen molar-refractivity contribution in [1.29, 1.82) is 0 Å². The summed E-state index contributed by atoms with van der Waals surface area (Å²) in [6.45, 7) is 0. The maximum atomic E-state index is 11.1. The van der Waals surface area contributed by atoms with Crippen LogP contribution in [0.4, 0.5) is 5.69 Å². The number of rotatable bonds is 2. The number of halogens is 2. The van der Waals surface area contributed by atoms with Gasteiger partial charge in [0.1, 0.15) is 0 Å². The van der Waals surface area contributed by atoms with Crippen LogP contribution < -0.4 is 5.30 Å². The van der Waals surface area contributed by atoms with Gasteiger partial charge in [0.25, 0.3) is 11.5 Å². The Bertz CT molecular complexity index is 389. The summed E-state index contributed by atoms with van der Waals surface area (Å²) in [6, 6.07) is 5.13. The first kappa shape index (κ1) is 10.5. The SMILES string of the molecule is O=[N+]([O-])c1cccc(P(=O)(Cl)Cl)c1. The van der Waals surface area contributed by atoms with Crippen molar-refractivity contribution >= 4 is 39.3 Å². The summed E-state index contributed by atoms with van der Waals surface area (Å²) in [6.07, 6.45) is 0. The highest BCUT2D eigenvalue weighted by Crippen LogP contribution is 2.55. The van der Waals surface area contributed by atoms with Crippen molar-refractivity contribution in [2.45, 2.75) is 0 Å². The molecule has 0 spiro atoms. The van der Waals surface area contributed by atoms with Gasteiger partial charge in [-0.15, -0.1) is 0 Å². The van der Waals surface area contributed by atoms with E-state index in [4.69, 9.17) is 22.5 Å². The molecule has 0 aliphatic carbocycles. The lowest BCUT2D eigenvalue weighted by Gasteiger charge is -2.00. The van der Waals surface area contributed by atoms with Crippen molar-refractivity contribution in [3.05, 3.63) is 34.4 Å². The molecule has 0 fully saturated rings. The second-order valence-corrected chi connectivity index (χ2v) is 7.06. The molecule has 7 heteroatoms. The van der Waals surface area contributed by atoms with E-state index in [1.807, 2.05) is 0 Å². The van der Waals surface area contributed by atoms with Crippen molar-refractivity contribution in [2.24, 2.45) is 0 Å². The summed E-state index contributed by atoms with van der Waals surface area (Å²) in [5.41, 5.74) is -0.181. The van der Waals surface area contributed by atoms with Gasteiger partial charge in [-0.3, -0.25) is 14.7 Å². The van der Waals surface area contributed by atoms with Crippen LogP contribution in [0.2, 0.25) is 0 Å². The lowest BCUT2D eigenvalue weighted by molar-refractivity contribution is -0.384. The molecule has 0 saturated heterocycles. The van der Waals surface area contributed by atoms with Crippen LogP contribution in [-0.2, 0) is 4.57 Å². The number of benzene rings is 1. The molecule has 0 amide bonds. The van der Waals surface area contributed by atoms with E-state index in [0.717, 1.165) is 6.07 Å². The van der Waals surface area contributed by atoms with Gasteiger partial charge in [-0.25, -0.2) is 0 Å². The van der Waals surface area contributed by atoms with Crippen molar-refractivity contribution in [1.82, 2.24) is 0 Å². The molecule has 70 valence electrons. The lowest BCUT2D eigenvalue weighted by Crippen LogP contribution is -1.99. The van der Waals surface area contributed by atoms with Crippen LogP contribution in [0.3, 0.4) is 0 Å². The summed E-state index contributed by atoms with van der Waals surface area (Å²) in [5.74, 6) is -3.44. The Balaban J connectivity index is 3.21. The van der Waals surface area contributed by atoms with Gasteiger partial charge < -0.3 is 0 Å². The topological polar surface area (TPSA) is 60.2 Å². The molecule has 0 aliphatic heterocycles. The fourth-order valence-electron chi connectivity index (χ4n) is 0.769. The first-order valence-electron chi connectivity index (χ1n) is 3.15. The summed E-state index contributed by atoms with van der Waals surface area (Å²) >= 11 is 10.7. The Hall–Kier alpha value is -0.570. The second-order valence-electron chi connectivity index (χ2n) is 2.24. The summed E-state index contributed by atoms with van der Waals surface area (Å²) in [5, 5.41) is 10.4. The van der Waals surface area contributed by atoms with E-state index in [1.165, 1.54) is 18.2 Å². The molecule has 0 radical (unpaired) electrons. The number of non-ortho nitro benzene ring substituents is 1. The molecule has 1 aromatic rings. The Kier molecular flexibility index (Phi) is 2.96. The van der Waals surface area contributed by atoms with E-state index in [9.17, 15) is 14.7 Å². The highest BCUT2D eigenvalue weighted by atomic mass is 35.9. The zero-order chi connectivity index (χ0) is 10.1. The second kappa shape index (κ2) is 3.66.